The fraction of sp³-hybridized carbons (Fsp3) is 0.600. The minimum atomic E-state index is 0.361. The summed E-state index contributed by atoms with van der Waals surface area (Å²) in [5.74, 6) is 0. The predicted octanol–water partition coefficient (Wildman–Crippen LogP) is 2.95. The van der Waals surface area contributed by atoms with Crippen LogP contribution in [-0.4, -0.2) is 37.2 Å². The van der Waals surface area contributed by atoms with Gasteiger partial charge in [-0.2, -0.15) is 0 Å². The van der Waals surface area contributed by atoms with E-state index in [1.807, 2.05) is 0 Å². The highest BCUT2D eigenvalue weighted by atomic mass is 79.9. The Labute approximate surface area is 124 Å². The van der Waals surface area contributed by atoms with Crippen molar-refractivity contribution in [2.45, 2.75) is 38.0 Å². The standard InChI is InChI=1S/C15H23BrN2O/c1-11(12-4-3-5-13(16)8-12)18-7-6-15(19-2)9-14(18)10-17/h3-5,8,11,14-15H,6-7,9-10,17H2,1-2H3. The van der Waals surface area contributed by atoms with Crippen molar-refractivity contribution in [2.24, 2.45) is 5.73 Å². The molecule has 0 amide bonds. The zero-order valence-electron chi connectivity index (χ0n) is 11.7. The van der Waals surface area contributed by atoms with Crippen LogP contribution in [0.5, 0.6) is 0 Å². The van der Waals surface area contributed by atoms with Crippen molar-refractivity contribution in [3.8, 4) is 0 Å². The Kier molecular flexibility index (Phi) is 5.39. The monoisotopic (exact) mass is 326 g/mol. The van der Waals surface area contributed by atoms with Crippen molar-refractivity contribution in [2.75, 3.05) is 20.2 Å². The first-order chi connectivity index (χ1) is 9.15. The molecule has 1 aromatic rings. The van der Waals surface area contributed by atoms with Gasteiger partial charge in [-0.15, -0.1) is 0 Å². The quantitative estimate of drug-likeness (QED) is 0.924. The van der Waals surface area contributed by atoms with Crippen LogP contribution in [0.25, 0.3) is 0 Å². The fourth-order valence-corrected chi connectivity index (χ4v) is 3.36. The summed E-state index contributed by atoms with van der Waals surface area (Å²) in [5, 5.41) is 0. The Bertz CT molecular complexity index is 413. The van der Waals surface area contributed by atoms with Gasteiger partial charge in [0.1, 0.15) is 0 Å². The lowest BCUT2D eigenvalue weighted by molar-refractivity contribution is -0.00164. The third kappa shape index (κ3) is 3.57. The second kappa shape index (κ2) is 6.84. The maximum Gasteiger partial charge on any atom is 0.0599 e. The molecule has 0 aromatic heterocycles. The molecule has 3 atom stereocenters. The molecule has 1 fully saturated rings. The van der Waals surface area contributed by atoms with Gasteiger partial charge in [-0.25, -0.2) is 0 Å². The second-order valence-corrected chi connectivity index (χ2v) is 6.16. The van der Waals surface area contributed by atoms with Crippen molar-refractivity contribution >= 4 is 15.9 Å². The number of rotatable bonds is 4. The van der Waals surface area contributed by atoms with E-state index in [9.17, 15) is 0 Å². The van der Waals surface area contributed by atoms with Crippen LogP contribution < -0.4 is 5.73 Å². The first kappa shape index (κ1) is 15.0. The van der Waals surface area contributed by atoms with Crippen molar-refractivity contribution in [1.29, 1.82) is 0 Å². The Hall–Kier alpha value is -0.420. The molecule has 106 valence electrons. The molecule has 2 N–H and O–H groups in total. The van der Waals surface area contributed by atoms with Gasteiger partial charge < -0.3 is 10.5 Å². The summed E-state index contributed by atoms with van der Waals surface area (Å²) >= 11 is 3.54. The maximum absolute atomic E-state index is 5.95. The van der Waals surface area contributed by atoms with Gasteiger partial charge in [0.15, 0.2) is 0 Å². The summed E-state index contributed by atoms with van der Waals surface area (Å²) in [6.07, 6.45) is 2.48. The van der Waals surface area contributed by atoms with Crippen molar-refractivity contribution in [1.82, 2.24) is 4.90 Å². The minimum absolute atomic E-state index is 0.361. The summed E-state index contributed by atoms with van der Waals surface area (Å²) in [7, 11) is 1.80. The summed E-state index contributed by atoms with van der Waals surface area (Å²) in [6.45, 7) is 4.00. The highest BCUT2D eigenvalue weighted by molar-refractivity contribution is 9.10. The largest absolute Gasteiger partial charge is 0.381 e. The minimum Gasteiger partial charge on any atom is -0.381 e. The molecule has 0 spiro atoms. The van der Waals surface area contributed by atoms with Crippen LogP contribution in [0, 0.1) is 0 Å². The number of benzene rings is 1. The molecule has 0 radical (unpaired) electrons. The zero-order chi connectivity index (χ0) is 13.8. The topological polar surface area (TPSA) is 38.5 Å². The van der Waals surface area contributed by atoms with Crippen molar-refractivity contribution in [3.05, 3.63) is 34.3 Å². The first-order valence-electron chi connectivity index (χ1n) is 6.89. The molecular formula is C15H23BrN2O. The average molecular weight is 327 g/mol. The van der Waals surface area contributed by atoms with Gasteiger partial charge in [0.25, 0.3) is 0 Å². The van der Waals surface area contributed by atoms with E-state index in [1.165, 1.54) is 5.56 Å². The molecular weight excluding hydrogens is 304 g/mol. The van der Waals surface area contributed by atoms with Gasteiger partial charge in [-0.1, -0.05) is 28.1 Å². The molecule has 19 heavy (non-hydrogen) atoms. The molecule has 3 unspecified atom stereocenters. The van der Waals surface area contributed by atoms with Crippen LogP contribution in [-0.2, 0) is 4.74 Å². The number of halogens is 1. The Morgan fingerprint density at radius 3 is 2.95 bits per heavy atom. The van der Waals surface area contributed by atoms with Crippen LogP contribution in [0.15, 0.2) is 28.7 Å². The SMILES string of the molecule is COC1CCN(C(C)c2cccc(Br)c2)C(CN)C1. The third-order valence-electron chi connectivity index (χ3n) is 4.15. The highest BCUT2D eigenvalue weighted by Gasteiger charge is 2.31. The number of likely N-dealkylation sites (tertiary alicyclic amines) is 1. The molecule has 1 aliphatic rings. The molecule has 1 saturated heterocycles. The van der Waals surface area contributed by atoms with E-state index in [2.05, 4.69) is 52.0 Å². The van der Waals surface area contributed by atoms with E-state index in [0.29, 0.717) is 24.7 Å². The highest BCUT2D eigenvalue weighted by Crippen LogP contribution is 2.30. The summed E-state index contributed by atoms with van der Waals surface area (Å²) < 4.78 is 6.62. The molecule has 0 saturated carbocycles. The number of nitrogens with two attached hydrogens (primary N) is 1. The number of hydrogen-bond donors (Lipinski definition) is 1. The van der Waals surface area contributed by atoms with Gasteiger partial charge in [-0.3, -0.25) is 4.90 Å². The van der Waals surface area contributed by atoms with E-state index < -0.39 is 0 Å². The van der Waals surface area contributed by atoms with E-state index in [-0.39, 0.29) is 0 Å². The Morgan fingerprint density at radius 2 is 2.32 bits per heavy atom. The van der Waals surface area contributed by atoms with Gasteiger partial charge in [0.05, 0.1) is 6.10 Å². The Morgan fingerprint density at radius 1 is 1.53 bits per heavy atom. The van der Waals surface area contributed by atoms with Gasteiger partial charge in [0.2, 0.25) is 0 Å². The Balaban J connectivity index is 2.11. The summed E-state index contributed by atoms with van der Waals surface area (Å²) in [4.78, 5) is 2.51. The van der Waals surface area contributed by atoms with Crippen LogP contribution in [0.3, 0.4) is 0 Å². The molecule has 2 rings (SSSR count). The molecule has 3 nitrogen and oxygen atoms in total. The van der Waals surface area contributed by atoms with Gasteiger partial charge in [0, 0.05) is 36.8 Å². The van der Waals surface area contributed by atoms with Crippen LogP contribution in [0.1, 0.15) is 31.4 Å². The second-order valence-electron chi connectivity index (χ2n) is 5.24. The van der Waals surface area contributed by atoms with Crippen molar-refractivity contribution in [3.63, 3.8) is 0 Å². The van der Waals surface area contributed by atoms with Crippen LogP contribution in [0.2, 0.25) is 0 Å². The normalized spacial score (nSPS) is 26.3. The smallest absolute Gasteiger partial charge is 0.0599 e. The van der Waals surface area contributed by atoms with Crippen molar-refractivity contribution < 1.29 is 4.74 Å². The molecule has 0 bridgehead atoms. The number of methoxy groups -OCH3 is 1. The van der Waals surface area contributed by atoms with Gasteiger partial charge >= 0.3 is 0 Å². The number of ether oxygens (including phenoxy) is 1. The number of nitrogens with zero attached hydrogens (tertiary/aromatic N) is 1. The zero-order valence-corrected chi connectivity index (χ0v) is 13.3. The summed E-state index contributed by atoms with van der Waals surface area (Å²) in [5.41, 5.74) is 7.29. The van der Waals surface area contributed by atoms with E-state index >= 15 is 0 Å². The maximum atomic E-state index is 5.95. The fourth-order valence-electron chi connectivity index (χ4n) is 2.95. The average Bonchev–Trinajstić information content (AvgIpc) is 2.45. The van der Waals surface area contributed by atoms with E-state index in [4.69, 9.17) is 10.5 Å². The summed E-state index contributed by atoms with van der Waals surface area (Å²) in [6, 6.07) is 9.34. The lowest BCUT2D eigenvalue weighted by Gasteiger charge is -2.42. The molecule has 1 aliphatic heterocycles. The van der Waals surface area contributed by atoms with E-state index in [1.54, 1.807) is 7.11 Å². The number of hydrogen-bond acceptors (Lipinski definition) is 3. The number of piperidine rings is 1. The van der Waals surface area contributed by atoms with Gasteiger partial charge in [-0.05, 0) is 37.5 Å². The molecule has 1 aromatic carbocycles. The molecule has 1 heterocycles. The lowest BCUT2D eigenvalue weighted by Crippen LogP contribution is -2.49. The third-order valence-corrected chi connectivity index (χ3v) is 4.64. The lowest BCUT2D eigenvalue weighted by atomic mass is 9.95. The predicted molar refractivity (Wildman–Crippen MR) is 82.1 cm³/mol. The van der Waals surface area contributed by atoms with E-state index in [0.717, 1.165) is 23.9 Å². The molecule has 4 heteroatoms. The van der Waals surface area contributed by atoms with Crippen LogP contribution in [0.4, 0.5) is 0 Å². The molecule has 0 aliphatic carbocycles. The van der Waals surface area contributed by atoms with Crippen LogP contribution >= 0.6 is 15.9 Å². The first-order valence-corrected chi connectivity index (χ1v) is 7.69.